The quantitative estimate of drug-likeness (QED) is 0.656. The molecule has 0 spiro atoms. The van der Waals surface area contributed by atoms with Crippen molar-refractivity contribution in [3.63, 3.8) is 0 Å². The molecule has 0 aliphatic rings. The molecule has 5 nitrogen and oxygen atoms in total. The van der Waals surface area contributed by atoms with Crippen molar-refractivity contribution < 1.29 is 14.0 Å². The predicted octanol–water partition coefficient (Wildman–Crippen LogP) is -0.0331. The van der Waals surface area contributed by atoms with Gasteiger partial charge in [-0.3, -0.25) is 9.59 Å². The van der Waals surface area contributed by atoms with Crippen LogP contribution in [0.4, 0.5) is 10.1 Å². The van der Waals surface area contributed by atoms with E-state index in [2.05, 4.69) is 5.32 Å². The fraction of sp³-hybridized carbons (Fsp3) is 0.200. The molecule has 0 bridgehead atoms. The van der Waals surface area contributed by atoms with Crippen LogP contribution in [-0.2, 0) is 9.59 Å². The number of benzene rings is 1. The van der Waals surface area contributed by atoms with Gasteiger partial charge in [0.25, 0.3) is 0 Å². The van der Waals surface area contributed by atoms with Crippen LogP contribution in [0.5, 0.6) is 0 Å². The minimum atomic E-state index is -0.931. The van der Waals surface area contributed by atoms with Crippen molar-refractivity contribution in [2.24, 2.45) is 11.5 Å². The first-order valence-corrected chi connectivity index (χ1v) is 4.59. The highest BCUT2D eigenvalue weighted by atomic mass is 19.1. The van der Waals surface area contributed by atoms with Gasteiger partial charge in [0, 0.05) is 5.69 Å². The molecule has 6 heteroatoms. The van der Waals surface area contributed by atoms with Crippen molar-refractivity contribution in [3.05, 3.63) is 30.1 Å². The average Bonchev–Trinajstić information content (AvgIpc) is 2.15. The average molecular weight is 225 g/mol. The zero-order valence-electron chi connectivity index (χ0n) is 8.44. The Balaban J connectivity index is 2.75. The third kappa shape index (κ3) is 3.56. The normalized spacial score (nSPS) is 11.8. The Bertz CT molecular complexity index is 409. The fourth-order valence-corrected chi connectivity index (χ4v) is 1.20. The summed E-state index contributed by atoms with van der Waals surface area (Å²) in [4.78, 5) is 21.7. The molecular weight excluding hydrogens is 213 g/mol. The molecule has 0 fully saturated rings. The van der Waals surface area contributed by atoms with Crippen LogP contribution in [0.15, 0.2) is 24.3 Å². The van der Waals surface area contributed by atoms with Gasteiger partial charge in [0.15, 0.2) is 0 Å². The lowest BCUT2D eigenvalue weighted by atomic mass is 10.1. The first kappa shape index (κ1) is 12.0. The number of hydrogen-bond donors (Lipinski definition) is 3. The topological polar surface area (TPSA) is 98.2 Å². The van der Waals surface area contributed by atoms with E-state index in [4.69, 9.17) is 11.5 Å². The molecule has 0 saturated heterocycles. The van der Waals surface area contributed by atoms with E-state index in [-0.39, 0.29) is 6.42 Å². The summed E-state index contributed by atoms with van der Waals surface area (Å²) >= 11 is 0. The van der Waals surface area contributed by atoms with Crippen LogP contribution in [0, 0.1) is 5.82 Å². The standard InChI is InChI=1S/C10H12FN3O2/c11-6-2-1-3-7(4-6)14-8(10(13)16)5-9(12)15/h1-4,8,14H,5H2,(H2,12,15)(H2,13,16). The molecule has 1 aromatic rings. The van der Waals surface area contributed by atoms with Gasteiger partial charge in [-0.2, -0.15) is 0 Å². The highest BCUT2D eigenvalue weighted by Gasteiger charge is 2.17. The summed E-state index contributed by atoms with van der Waals surface area (Å²) in [5.74, 6) is -1.83. The Morgan fingerprint density at radius 1 is 1.38 bits per heavy atom. The number of nitrogens with one attached hydrogen (secondary N) is 1. The Morgan fingerprint density at radius 2 is 2.06 bits per heavy atom. The van der Waals surface area contributed by atoms with Crippen LogP contribution in [-0.4, -0.2) is 17.9 Å². The van der Waals surface area contributed by atoms with E-state index in [1.807, 2.05) is 0 Å². The van der Waals surface area contributed by atoms with Crippen molar-refractivity contribution in [1.82, 2.24) is 0 Å². The number of amides is 2. The summed E-state index contributed by atoms with van der Waals surface area (Å²) in [6.45, 7) is 0. The number of rotatable bonds is 5. The van der Waals surface area contributed by atoms with Gasteiger partial charge in [0.05, 0.1) is 6.42 Å². The summed E-state index contributed by atoms with van der Waals surface area (Å²) in [6, 6.07) is 4.55. The lowest BCUT2D eigenvalue weighted by molar-refractivity contribution is -0.123. The predicted molar refractivity (Wildman–Crippen MR) is 56.8 cm³/mol. The zero-order valence-corrected chi connectivity index (χ0v) is 8.44. The molecule has 2 amide bonds. The van der Waals surface area contributed by atoms with E-state index in [0.717, 1.165) is 0 Å². The van der Waals surface area contributed by atoms with Gasteiger partial charge in [0.1, 0.15) is 11.9 Å². The molecule has 86 valence electrons. The van der Waals surface area contributed by atoms with E-state index in [1.165, 1.54) is 18.2 Å². The number of carbonyl (C=O) groups excluding carboxylic acids is 2. The second-order valence-corrected chi connectivity index (χ2v) is 3.28. The number of anilines is 1. The lowest BCUT2D eigenvalue weighted by Crippen LogP contribution is -2.38. The Hall–Kier alpha value is -2.11. The molecule has 0 saturated carbocycles. The highest BCUT2D eigenvalue weighted by molar-refractivity contribution is 5.88. The first-order chi connectivity index (χ1) is 7.49. The van der Waals surface area contributed by atoms with Crippen molar-refractivity contribution >= 4 is 17.5 Å². The highest BCUT2D eigenvalue weighted by Crippen LogP contribution is 2.11. The molecule has 1 atom stereocenters. The van der Waals surface area contributed by atoms with Crippen LogP contribution in [0.25, 0.3) is 0 Å². The molecule has 0 aromatic heterocycles. The minimum absolute atomic E-state index is 0.230. The second kappa shape index (κ2) is 5.11. The number of hydrogen-bond acceptors (Lipinski definition) is 3. The molecule has 0 radical (unpaired) electrons. The Kier molecular flexibility index (Phi) is 3.82. The van der Waals surface area contributed by atoms with Gasteiger partial charge >= 0.3 is 0 Å². The van der Waals surface area contributed by atoms with Crippen molar-refractivity contribution in [2.75, 3.05) is 5.32 Å². The van der Waals surface area contributed by atoms with Crippen molar-refractivity contribution in [3.8, 4) is 0 Å². The van der Waals surface area contributed by atoms with E-state index in [0.29, 0.717) is 5.69 Å². The van der Waals surface area contributed by atoms with Crippen LogP contribution in [0.1, 0.15) is 6.42 Å². The molecule has 0 heterocycles. The van der Waals surface area contributed by atoms with Crippen LogP contribution in [0.2, 0.25) is 0 Å². The first-order valence-electron chi connectivity index (χ1n) is 4.59. The lowest BCUT2D eigenvalue weighted by Gasteiger charge is -2.14. The Morgan fingerprint density at radius 3 is 2.56 bits per heavy atom. The monoisotopic (exact) mass is 225 g/mol. The zero-order chi connectivity index (χ0) is 12.1. The van der Waals surface area contributed by atoms with E-state index in [9.17, 15) is 14.0 Å². The van der Waals surface area contributed by atoms with Crippen molar-refractivity contribution in [2.45, 2.75) is 12.5 Å². The molecular formula is C10H12FN3O2. The molecule has 1 aromatic carbocycles. The largest absolute Gasteiger partial charge is 0.373 e. The minimum Gasteiger partial charge on any atom is -0.373 e. The van der Waals surface area contributed by atoms with Crippen LogP contribution >= 0.6 is 0 Å². The maximum absolute atomic E-state index is 12.8. The van der Waals surface area contributed by atoms with Gasteiger partial charge in [-0.1, -0.05) is 6.07 Å². The fourth-order valence-electron chi connectivity index (χ4n) is 1.20. The summed E-state index contributed by atoms with van der Waals surface area (Å²) < 4.78 is 12.8. The maximum atomic E-state index is 12.8. The van der Waals surface area contributed by atoms with Gasteiger partial charge in [-0.15, -0.1) is 0 Å². The molecule has 0 aliphatic heterocycles. The van der Waals surface area contributed by atoms with Crippen molar-refractivity contribution in [1.29, 1.82) is 0 Å². The second-order valence-electron chi connectivity index (χ2n) is 3.28. The van der Waals surface area contributed by atoms with E-state index < -0.39 is 23.7 Å². The smallest absolute Gasteiger partial charge is 0.240 e. The summed E-state index contributed by atoms with van der Waals surface area (Å²) in [7, 11) is 0. The number of halogens is 1. The molecule has 1 unspecified atom stereocenters. The van der Waals surface area contributed by atoms with Gasteiger partial charge < -0.3 is 16.8 Å². The third-order valence-corrected chi connectivity index (χ3v) is 1.91. The number of primary amides is 2. The summed E-state index contributed by atoms with van der Waals surface area (Å²) in [5, 5.41) is 2.64. The SMILES string of the molecule is NC(=O)CC(Nc1cccc(F)c1)C(N)=O. The van der Waals surface area contributed by atoms with Crippen LogP contribution < -0.4 is 16.8 Å². The molecule has 0 aliphatic carbocycles. The van der Waals surface area contributed by atoms with E-state index >= 15 is 0 Å². The number of nitrogens with two attached hydrogens (primary N) is 2. The Labute approximate surface area is 91.6 Å². The maximum Gasteiger partial charge on any atom is 0.240 e. The third-order valence-electron chi connectivity index (χ3n) is 1.91. The molecule has 1 rings (SSSR count). The van der Waals surface area contributed by atoms with E-state index in [1.54, 1.807) is 6.07 Å². The number of carbonyl (C=O) groups is 2. The van der Waals surface area contributed by atoms with Gasteiger partial charge in [-0.25, -0.2) is 4.39 Å². The molecule has 16 heavy (non-hydrogen) atoms. The summed E-state index contributed by atoms with van der Waals surface area (Å²) in [6.07, 6.45) is -0.230. The van der Waals surface area contributed by atoms with Gasteiger partial charge in [0.2, 0.25) is 11.8 Å². The summed E-state index contributed by atoms with van der Waals surface area (Å²) in [5.41, 5.74) is 10.4. The molecule has 5 N–H and O–H groups in total. The van der Waals surface area contributed by atoms with Gasteiger partial charge in [-0.05, 0) is 18.2 Å². The van der Waals surface area contributed by atoms with Crippen LogP contribution in [0.3, 0.4) is 0 Å².